The van der Waals surface area contributed by atoms with Crippen LogP contribution in [0.2, 0.25) is 5.02 Å². The quantitative estimate of drug-likeness (QED) is 0.696. The molecule has 2 aromatic carbocycles. The molecular formula is C18H18ClFN2O. The number of hydrogen-bond acceptors (Lipinski definition) is 3. The third-order valence-electron chi connectivity index (χ3n) is 3.36. The molecular weight excluding hydrogens is 315 g/mol. The zero-order valence-electron chi connectivity index (χ0n) is 12.9. The monoisotopic (exact) mass is 332 g/mol. The first-order valence-electron chi connectivity index (χ1n) is 7.41. The molecule has 0 amide bonds. The van der Waals surface area contributed by atoms with E-state index in [0.29, 0.717) is 19.4 Å². The molecule has 0 heterocycles. The largest absolute Gasteiger partial charge is 0.493 e. The molecule has 0 aliphatic rings. The Labute approximate surface area is 140 Å². The van der Waals surface area contributed by atoms with Crippen LogP contribution in [-0.4, -0.2) is 6.61 Å². The maximum absolute atomic E-state index is 13.2. The molecule has 5 heteroatoms. The molecule has 0 radical (unpaired) electrons. The molecule has 0 aliphatic heterocycles. The number of nitrogens with one attached hydrogen (secondary N) is 1. The highest BCUT2D eigenvalue weighted by molar-refractivity contribution is 6.30. The van der Waals surface area contributed by atoms with E-state index in [-0.39, 0.29) is 11.1 Å². The van der Waals surface area contributed by atoms with Gasteiger partial charge in [-0.05, 0) is 43.2 Å². The van der Waals surface area contributed by atoms with Crippen LogP contribution in [0.4, 0.5) is 10.1 Å². The van der Waals surface area contributed by atoms with E-state index in [1.54, 1.807) is 12.1 Å². The van der Waals surface area contributed by atoms with Crippen molar-refractivity contribution in [3.8, 4) is 11.8 Å². The first kappa shape index (κ1) is 17.1. The van der Waals surface area contributed by atoms with Gasteiger partial charge in [-0.25, -0.2) is 4.39 Å². The fourth-order valence-electron chi connectivity index (χ4n) is 2.13. The lowest BCUT2D eigenvalue weighted by Crippen LogP contribution is -2.07. The Morgan fingerprint density at radius 3 is 2.87 bits per heavy atom. The Morgan fingerprint density at radius 2 is 2.13 bits per heavy atom. The third-order valence-corrected chi connectivity index (χ3v) is 3.65. The van der Waals surface area contributed by atoms with Crippen molar-refractivity contribution in [2.75, 3.05) is 11.9 Å². The molecule has 0 aliphatic carbocycles. The highest BCUT2D eigenvalue weighted by Crippen LogP contribution is 2.25. The number of nitrogens with zero attached hydrogens (tertiary/aromatic N) is 1. The van der Waals surface area contributed by atoms with E-state index in [1.807, 2.05) is 31.2 Å². The Kier molecular flexibility index (Phi) is 6.25. The van der Waals surface area contributed by atoms with Crippen LogP contribution in [0.25, 0.3) is 0 Å². The molecule has 0 fully saturated rings. The lowest BCUT2D eigenvalue weighted by atomic mass is 10.1. The lowest BCUT2D eigenvalue weighted by Gasteiger charge is -2.17. The molecule has 0 bridgehead atoms. The number of rotatable bonds is 7. The predicted molar refractivity (Wildman–Crippen MR) is 90.2 cm³/mol. The highest BCUT2D eigenvalue weighted by Gasteiger charge is 2.09. The molecule has 0 spiro atoms. The highest BCUT2D eigenvalue weighted by atomic mass is 35.5. The second-order valence-corrected chi connectivity index (χ2v) is 5.58. The summed E-state index contributed by atoms with van der Waals surface area (Å²) in [5.41, 5.74) is 1.80. The van der Waals surface area contributed by atoms with E-state index in [4.69, 9.17) is 21.6 Å². The Hall–Kier alpha value is -2.25. The Balaban J connectivity index is 1.99. The predicted octanol–water partition coefficient (Wildman–Crippen LogP) is 5.33. The summed E-state index contributed by atoms with van der Waals surface area (Å²) in [6, 6.07) is 14.4. The van der Waals surface area contributed by atoms with Crippen LogP contribution in [0.1, 0.15) is 31.4 Å². The smallest absolute Gasteiger partial charge is 0.141 e. The van der Waals surface area contributed by atoms with Crippen LogP contribution in [0.5, 0.6) is 5.75 Å². The summed E-state index contributed by atoms with van der Waals surface area (Å²) in [6.45, 7) is 2.49. The van der Waals surface area contributed by atoms with Gasteiger partial charge >= 0.3 is 0 Å². The molecule has 0 saturated heterocycles. The number of anilines is 1. The van der Waals surface area contributed by atoms with Gasteiger partial charge < -0.3 is 10.1 Å². The Morgan fingerprint density at radius 1 is 1.30 bits per heavy atom. The SMILES string of the molecule is CC(Nc1cccc(OCCCC#N)c1)c1ccc(F)c(Cl)c1. The molecule has 120 valence electrons. The van der Waals surface area contributed by atoms with Crippen LogP contribution < -0.4 is 10.1 Å². The van der Waals surface area contributed by atoms with Gasteiger partial charge in [0, 0.05) is 24.2 Å². The minimum Gasteiger partial charge on any atom is -0.493 e. The van der Waals surface area contributed by atoms with Crippen LogP contribution in [0.3, 0.4) is 0 Å². The number of hydrogen-bond donors (Lipinski definition) is 1. The van der Waals surface area contributed by atoms with E-state index >= 15 is 0 Å². The van der Waals surface area contributed by atoms with Crippen molar-refractivity contribution in [3.05, 3.63) is 58.9 Å². The van der Waals surface area contributed by atoms with E-state index in [2.05, 4.69) is 11.4 Å². The molecule has 0 aromatic heterocycles. The summed E-state index contributed by atoms with van der Waals surface area (Å²) in [5, 5.41) is 12.0. The van der Waals surface area contributed by atoms with Crippen molar-refractivity contribution >= 4 is 17.3 Å². The van der Waals surface area contributed by atoms with Crippen molar-refractivity contribution in [1.29, 1.82) is 5.26 Å². The van der Waals surface area contributed by atoms with Gasteiger partial charge in [0.25, 0.3) is 0 Å². The van der Waals surface area contributed by atoms with Crippen LogP contribution in [0.15, 0.2) is 42.5 Å². The fourth-order valence-corrected chi connectivity index (χ4v) is 2.32. The van der Waals surface area contributed by atoms with Gasteiger partial charge in [-0.2, -0.15) is 5.26 Å². The van der Waals surface area contributed by atoms with Crippen LogP contribution in [-0.2, 0) is 0 Å². The second kappa shape index (κ2) is 8.40. The molecule has 1 N–H and O–H groups in total. The fraction of sp³-hybridized carbons (Fsp3) is 0.278. The Bertz CT molecular complexity index is 700. The van der Waals surface area contributed by atoms with E-state index in [9.17, 15) is 4.39 Å². The number of ether oxygens (including phenoxy) is 1. The lowest BCUT2D eigenvalue weighted by molar-refractivity contribution is 0.313. The van der Waals surface area contributed by atoms with Gasteiger partial charge in [-0.15, -0.1) is 0 Å². The topological polar surface area (TPSA) is 45.0 Å². The summed E-state index contributed by atoms with van der Waals surface area (Å²) in [7, 11) is 0. The molecule has 3 nitrogen and oxygen atoms in total. The minimum atomic E-state index is -0.421. The molecule has 0 saturated carbocycles. The van der Waals surface area contributed by atoms with Crippen molar-refractivity contribution in [3.63, 3.8) is 0 Å². The first-order chi connectivity index (χ1) is 11.1. The molecule has 2 rings (SSSR count). The number of unbranched alkanes of at least 4 members (excludes halogenated alkanes) is 1. The number of halogens is 2. The molecule has 23 heavy (non-hydrogen) atoms. The molecule has 1 unspecified atom stereocenters. The third kappa shape index (κ3) is 5.15. The standard InChI is InChI=1S/C18H18ClFN2O/c1-13(14-7-8-18(20)17(19)11-14)22-15-5-4-6-16(12-15)23-10-3-2-9-21/h4-8,11-13,22H,2-3,10H2,1H3. The number of benzene rings is 2. The molecule has 1 atom stereocenters. The summed E-state index contributed by atoms with van der Waals surface area (Å²) >= 11 is 5.82. The average molecular weight is 333 g/mol. The minimum absolute atomic E-state index is 0.0260. The van der Waals surface area contributed by atoms with Crippen molar-refractivity contribution in [1.82, 2.24) is 0 Å². The van der Waals surface area contributed by atoms with Gasteiger partial charge in [-0.3, -0.25) is 0 Å². The van der Waals surface area contributed by atoms with Gasteiger partial charge in [0.2, 0.25) is 0 Å². The van der Waals surface area contributed by atoms with Gasteiger partial charge in [0.05, 0.1) is 17.7 Å². The zero-order chi connectivity index (χ0) is 16.7. The van der Waals surface area contributed by atoms with E-state index < -0.39 is 5.82 Å². The van der Waals surface area contributed by atoms with Crippen LogP contribution >= 0.6 is 11.6 Å². The second-order valence-electron chi connectivity index (χ2n) is 5.18. The zero-order valence-corrected chi connectivity index (χ0v) is 13.6. The summed E-state index contributed by atoms with van der Waals surface area (Å²) < 4.78 is 18.8. The van der Waals surface area contributed by atoms with Crippen molar-refractivity contribution in [2.45, 2.75) is 25.8 Å². The maximum atomic E-state index is 13.2. The van der Waals surface area contributed by atoms with E-state index in [1.165, 1.54) is 6.07 Å². The van der Waals surface area contributed by atoms with E-state index in [0.717, 1.165) is 17.0 Å². The van der Waals surface area contributed by atoms with Crippen molar-refractivity contribution in [2.24, 2.45) is 0 Å². The normalized spacial score (nSPS) is 11.6. The summed E-state index contributed by atoms with van der Waals surface area (Å²) in [6.07, 6.45) is 1.19. The van der Waals surface area contributed by atoms with Gasteiger partial charge in [0.15, 0.2) is 0 Å². The molecule has 2 aromatic rings. The van der Waals surface area contributed by atoms with Crippen molar-refractivity contribution < 1.29 is 9.13 Å². The van der Waals surface area contributed by atoms with Crippen LogP contribution in [0, 0.1) is 17.1 Å². The van der Waals surface area contributed by atoms with Gasteiger partial charge in [0.1, 0.15) is 11.6 Å². The summed E-state index contributed by atoms with van der Waals surface area (Å²) in [4.78, 5) is 0. The number of nitriles is 1. The first-order valence-corrected chi connectivity index (χ1v) is 7.79. The summed E-state index contributed by atoms with van der Waals surface area (Å²) in [5.74, 6) is 0.327. The average Bonchev–Trinajstić information content (AvgIpc) is 2.54. The maximum Gasteiger partial charge on any atom is 0.141 e. The van der Waals surface area contributed by atoms with Gasteiger partial charge in [-0.1, -0.05) is 23.7 Å².